The molecular weight excluding hydrogens is 176 g/mol. The van der Waals surface area contributed by atoms with E-state index in [9.17, 15) is 0 Å². The molecule has 0 aromatic heterocycles. The second-order valence-electron chi connectivity index (χ2n) is 4.11. The molecule has 0 atom stereocenters. The maximum atomic E-state index is 5.36. The first-order valence-electron chi connectivity index (χ1n) is 4.87. The van der Waals surface area contributed by atoms with Gasteiger partial charge in [0, 0.05) is 19.0 Å². The number of nitrogens with zero attached hydrogens (tertiary/aromatic N) is 2. The van der Waals surface area contributed by atoms with Crippen LogP contribution in [0.3, 0.4) is 0 Å². The molecule has 0 heterocycles. The molecule has 0 unspecified atom stereocenters. The van der Waals surface area contributed by atoms with Gasteiger partial charge in [0.2, 0.25) is 0 Å². The molecule has 3 nitrogen and oxygen atoms in total. The van der Waals surface area contributed by atoms with Crippen LogP contribution in [-0.2, 0) is 4.74 Å². The molecule has 0 aliphatic heterocycles. The molecule has 0 N–H and O–H groups in total. The van der Waals surface area contributed by atoms with Crippen LogP contribution in [-0.4, -0.2) is 64.3 Å². The van der Waals surface area contributed by atoms with Crippen LogP contribution < -0.4 is 0 Å². The molecule has 0 aromatic carbocycles. The molecule has 0 aromatic rings. The van der Waals surface area contributed by atoms with E-state index in [1.807, 2.05) is 0 Å². The molecule has 0 fully saturated rings. The lowest BCUT2D eigenvalue weighted by Gasteiger charge is -2.23. The summed E-state index contributed by atoms with van der Waals surface area (Å²) in [6, 6.07) is 0. The lowest BCUT2D eigenvalue weighted by molar-refractivity contribution is 0.0986. The molecule has 0 radical (unpaired) electrons. The van der Waals surface area contributed by atoms with Crippen molar-refractivity contribution in [3.05, 3.63) is 0 Å². The van der Waals surface area contributed by atoms with E-state index in [1.165, 1.54) is 0 Å². The second-order valence-corrected chi connectivity index (χ2v) is 4.11. The first-order valence-corrected chi connectivity index (χ1v) is 4.87. The van der Waals surface area contributed by atoms with Crippen LogP contribution in [0, 0.1) is 18.3 Å². The topological polar surface area (TPSA) is 15.7 Å². The second kappa shape index (κ2) is 7.81. The molecule has 0 aliphatic rings. The quantitative estimate of drug-likeness (QED) is 0.434. The van der Waals surface area contributed by atoms with Gasteiger partial charge in [0.05, 0.1) is 6.61 Å². The summed E-state index contributed by atoms with van der Waals surface area (Å²) in [5, 5.41) is 0. The molecule has 0 spiro atoms. The summed E-state index contributed by atoms with van der Waals surface area (Å²) in [5.74, 6) is 3.00. The fourth-order valence-electron chi connectivity index (χ4n) is 1.48. The maximum Gasteiger partial charge on any atom is 0.107 e. The molecule has 3 heteroatoms. The fraction of sp³-hybridized carbons (Fsp3) is 0.818. The van der Waals surface area contributed by atoms with E-state index in [0.717, 1.165) is 19.7 Å². The van der Waals surface area contributed by atoms with Crippen molar-refractivity contribution in [3.63, 3.8) is 0 Å². The zero-order valence-electron chi connectivity index (χ0n) is 9.79. The summed E-state index contributed by atoms with van der Waals surface area (Å²) < 4.78 is 5.36. The number of ether oxygens (including phenoxy) is 1. The Morgan fingerprint density at radius 3 is 2.00 bits per heavy atom. The molecule has 0 amide bonds. The van der Waals surface area contributed by atoms with Gasteiger partial charge in [0.15, 0.2) is 0 Å². The predicted molar refractivity (Wildman–Crippen MR) is 60.3 cm³/mol. The van der Waals surface area contributed by atoms with Crippen LogP contribution in [0.5, 0.6) is 0 Å². The minimum Gasteiger partial charge on any atom is -0.368 e. The van der Waals surface area contributed by atoms with Gasteiger partial charge in [0.1, 0.15) is 6.61 Å². The number of rotatable bonds is 7. The summed E-state index contributed by atoms with van der Waals surface area (Å²) in [6.45, 7) is 3.21. The van der Waals surface area contributed by atoms with E-state index in [-0.39, 0.29) is 0 Å². The van der Waals surface area contributed by atoms with E-state index >= 15 is 0 Å². The van der Waals surface area contributed by atoms with Gasteiger partial charge in [-0.1, -0.05) is 5.92 Å². The summed E-state index contributed by atoms with van der Waals surface area (Å²) in [7, 11) is 8.29. The van der Waals surface area contributed by atoms with E-state index < -0.39 is 0 Å². The Morgan fingerprint density at radius 1 is 1.14 bits per heavy atom. The summed E-state index contributed by atoms with van der Waals surface area (Å²) >= 11 is 0. The predicted octanol–water partition coefficient (Wildman–Crippen LogP) is 0.376. The van der Waals surface area contributed by atoms with Crippen molar-refractivity contribution < 1.29 is 4.74 Å². The molecule has 0 saturated heterocycles. The smallest absolute Gasteiger partial charge is 0.107 e. The largest absolute Gasteiger partial charge is 0.368 e. The Balaban J connectivity index is 3.79. The first-order chi connectivity index (χ1) is 6.56. The highest BCUT2D eigenvalue weighted by atomic mass is 16.5. The third-order valence-electron chi connectivity index (χ3n) is 1.79. The Kier molecular flexibility index (Phi) is 7.50. The van der Waals surface area contributed by atoms with E-state index in [2.05, 4.69) is 43.9 Å². The zero-order chi connectivity index (χ0) is 11.0. The SMILES string of the molecule is C#CCOCC(CN(C)C)CN(C)C. The van der Waals surface area contributed by atoms with E-state index in [0.29, 0.717) is 12.5 Å². The molecule has 82 valence electrons. The van der Waals surface area contributed by atoms with Gasteiger partial charge < -0.3 is 14.5 Å². The minimum absolute atomic E-state index is 0.414. The Morgan fingerprint density at radius 2 is 1.64 bits per heavy atom. The van der Waals surface area contributed by atoms with Crippen LogP contribution in [0.15, 0.2) is 0 Å². The van der Waals surface area contributed by atoms with Gasteiger partial charge in [0.25, 0.3) is 0 Å². The Hall–Kier alpha value is -0.560. The van der Waals surface area contributed by atoms with Crippen molar-refractivity contribution in [2.75, 3.05) is 54.5 Å². The highest BCUT2D eigenvalue weighted by Gasteiger charge is 2.10. The highest BCUT2D eigenvalue weighted by Crippen LogP contribution is 2.01. The van der Waals surface area contributed by atoms with Gasteiger partial charge in [-0.3, -0.25) is 0 Å². The number of terminal acetylenes is 1. The van der Waals surface area contributed by atoms with Crippen molar-refractivity contribution in [1.29, 1.82) is 0 Å². The third-order valence-corrected chi connectivity index (χ3v) is 1.79. The number of hydrogen-bond acceptors (Lipinski definition) is 3. The van der Waals surface area contributed by atoms with Gasteiger partial charge in [-0.2, -0.15) is 0 Å². The summed E-state index contributed by atoms with van der Waals surface area (Å²) in [4.78, 5) is 4.35. The Bertz CT molecular complexity index is 163. The van der Waals surface area contributed by atoms with Gasteiger partial charge in [-0.25, -0.2) is 0 Å². The maximum absolute atomic E-state index is 5.36. The van der Waals surface area contributed by atoms with Crippen molar-refractivity contribution in [2.45, 2.75) is 0 Å². The monoisotopic (exact) mass is 198 g/mol. The standard InChI is InChI=1S/C11H22N2O/c1-6-7-14-10-11(8-12(2)3)9-13(4)5/h1,11H,7-10H2,2-5H3. The lowest BCUT2D eigenvalue weighted by atomic mass is 10.1. The normalized spacial score (nSPS) is 11.3. The summed E-state index contributed by atoms with van der Waals surface area (Å²) in [6.07, 6.45) is 5.12. The minimum atomic E-state index is 0.414. The van der Waals surface area contributed by atoms with Crippen LogP contribution >= 0.6 is 0 Å². The molecular formula is C11H22N2O. The average molecular weight is 198 g/mol. The van der Waals surface area contributed by atoms with Crippen molar-refractivity contribution in [3.8, 4) is 12.3 Å². The van der Waals surface area contributed by atoms with Crippen LogP contribution in [0.1, 0.15) is 0 Å². The van der Waals surface area contributed by atoms with Crippen molar-refractivity contribution in [1.82, 2.24) is 9.80 Å². The third kappa shape index (κ3) is 8.06. The van der Waals surface area contributed by atoms with Crippen LogP contribution in [0.2, 0.25) is 0 Å². The van der Waals surface area contributed by atoms with E-state index in [1.54, 1.807) is 0 Å². The van der Waals surface area contributed by atoms with E-state index in [4.69, 9.17) is 11.2 Å². The van der Waals surface area contributed by atoms with Gasteiger partial charge in [-0.05, 0) is 28.2 Å². The zero-order valence-corrected chi connectivity index (χ0v) is 9.79. The fourth-order valence-corrected chi connectivity index (χ4v) is 1.48. The summed E-state index contributed by atoms with van der Waals surface area (Å²) in [5.41, 5.74) is 0. The molecule has 14 heavy (non-hydrogen) atoms. The number of hydrogen-bond donors (Lipinski definition) is 0. The molecule has 0 saturated carbocycles. The van der Waals surface area contributed by atoms with Crippen LogP contribution in [0.4, 0.5) is 0 Å². The van der Waals surface area contributed by atoms with Crippen molar-refractivity contribution in [2.24, 2.45) is 5.92 Å². The van der Waals surface area contributed by atoms with Gasteiger partial charge >= 0.3 is 0 Å². The Labute approximate surface area is 88.0 Å². The molecule has 0 aliphatic carbocycles. The average Bonchev–Trinajstić information content (AvgIpc) is 2.02. The molecule has 0 rings (SSSR count). The molecule has 0 bridgehead atoms. The highest BCUT2D eigenvalue weighted by molar-refractivity contribution is 4.83. The first kappa shape index (κ1) is 13.4. The van der Waals surface area contributed by atoms with Crippen LogP contribution in [0.25, 0.3) is 0 Å². The van der Waals surface area contributed by atoms with Crippen molar-refractivity contribution >= 4 is 0 Å². The van der Waals surface area contributed by atoms with Gasteiger partial charge in [-0.15, -0.1) is 6.42 Å². The lowest BCUT2D eigenvalue weighted by Crippen LogP contribution is -2.33.